The van der Waals surface area contributed by atoms with Crippen LogP contribution >= 0.6 is 11.6 Å². The van der Waals surface area contributed by atoms with Crippen molar-refractivity contribution in [2.75, 3.05) is 11.1 Å². The van der Waals surface area contributed by atoms with Gasteiger partial charge in [-0.15, -0.1) is 0 Å². The Morgan fingerprint density at radius 1 is 1.26 bits per heavy atom. The maximum Gasteiger partial charge on any atom is 0.143 e. The van der Waals surface area contributed by atoms with Gasteiger partial charge >= 0.3 is 0 Å². The summed E-state index contributed by atoms with van der Waals surface area (Å²) in [4.78, 5) is 0. The molecule has 3 nitrogen and oxygen atoms in total. The highest BCUT2D eigenvalue weighted by atomic mass is 35.5. The van der Waals surface area contributed by atoms with Gasteiger partial charge in [0.05, 0.1) is 28.0 Å². The Morgan fingerprint density at radius 2 is 2.00 bits per heavy atom. The summed E-state index contributed by atoms with van der Waals surface area (Å²) < 4.78 is 13.2. The molecular weight excluding hydrogens is 265 g/mol. The van der Waals surface area contributed by atoms with Crippen LogP contribution in [0, 0.1) is 24.1 Å². The zero-order chi connectivity index (χ0) is 14.0. The van der Waals surface area contributed by atoms with Gasteiger partial charge in [0.25, 0.3) is 0 Å². The van der Waals surface area contributed by atoms with Crippen LogP contribution < -0.4 is 11.1 Å². The Bertz CT molecular complexity index is 677. The van der Waals surface area contributed by atoms with Crippen molar-refractivity contribution in [2.45, 2.75) is 6.92 Å². The lowest BCUT2D eigenvalue weighted by molar-refractivity contribution is 0.629. The number of nitrogens with zero attached hydrogens (tertiary/aromatic N) is 1. The number of anilines is 3. The smallest absolute Gasteiger partial charge is 0.143 e. The van der Waals surface area contributed by atoms with Crippen molar-refractivity contribution >= 4 is 28.7 Å². The van der Waals surface area contributed by atoms with Crippen LogP contribution in [0.5, 0.6) is 0 Å². The fourth-order valence-electron chi connectivity index (χ4n) is 1.64. The quantitative estimate of drug-likeness (QED) is 0.815. The van der Waals surface area contributed by atoms with Gasteiger partial charge in [-0.1, -0.05) is 17.7 Å². The van der Waals surface area contributed by atoms with Gasteiger partial charge in [-0.25, -0.2) is 4.39 Å². The number of hydrogen-bond acceptors (Lipinski definition) is 3. The molecule has 0 saturated carbocycles. The van der Waals surface area contributed by atoms with Gasteiger partial charge in [0.1, 0.15) is 5.82 Å². The molecule has 2 aromatic rings. The van der Waals surface area contributed by atoms with E-state index in [1.165, 1.54) is 6.07 Å². The second-order valence-corrected chi connectivity index (χ2v) is 4.53. The highest BCUT2D eigenvalue weighted by Gasteiger charge is 2.08. The first kappa shape index (κ1) is 13.2. The minimum atomic E-state index is -0.563. The molecule has 0 spiro atoms. The van der Waals surface area contributed by atoms with Crippen LogP contribution in [0.2, 0.25) is 5.02 Å². The van der Waals surface area contributed by atoms with Crippen molar-refractivity contribution in [1.82, 2.24) is 0 Å². The predicted molar refractivity (Wildman–Crippen MR) is 75.0 cm³/mol. The lowest BCUT2D eigenvalue weighted by Crippen LogP contribution is -1.99. The third kappa shape index (κ3) is 2.78. The van der Waals surface area contributed by atoms with Crippen LogP contribution in [0.4, 0.5) is 21.5 Å². The Kier molecular flexibility index (Phi) is 3.59. The molecule has 0 amide bonds. The maximum absolute atomic E-state index is 13.2. The molecule has 5 heteroatoms. The lowest BCUT2D eigenvalue weighted by atomic mass is 10.1. The van der Waals surface area contributed by atoms with E-state index in [0.717, 1.165) is 17.3 Å². The molecular formula is C14H11ClFN3. The van der Waals surface area contributed by atoms with E-state index in [1.54, 1.807) is 12.1 Å². The summed E-state index contributed by atoms with van der Waals surface area (Å²) in [6.07, 6.45) is 0. The molecule has 0 aliphatic heterocycles. The number of nitrogens with one attached hydrogen (secondary N) is 1. The van der Waals surface area contributed by atoms with Crippen LogP contribution in [-0.4, -0.2) is 0 Å². The van der Waals surface area contributed by atoms with Crippen molar-refractivity contribution < 1.29 is 4.39 Å². The first-order valence-electron chi connectivity index (χ1n) is 5.53. The first-order valence-corrected chi connectivity index (χ1v) is 5.91. The monoisotopic (exact) mass is 275 g/mol. The summed E-state index contributed by atoms with van der Waals surface area (Å²) in [6, 6.07) is 9.89. The number of halogens is 2. The second-order valence-electron chi connectivity index (χ2n) is 4.12. The van der Waals surface area contributed by atoms with Gasteiger partial charge in [0, 0.05) is 11.8 Å². The second kappa shape index (κ2) is 5.17. The Labute approximate surface area is 115 Å². The molecule has 0 heterocycles. The van der Waals surface area contributed by atoms with E-state index < -0.39 is 5.82 Å². The van der Waals surface area contributed by atoms with Crippen LogP contribution in [-0.2, 0) is 0 Å². The average Bonchev–Trinajstić information content (AvgIpc) is 2.38. The predicted octanol–water partition coefficient (Wildman–Crippen LogP) is 3.99. The summed E-state index contributed by atoms with van der Waals surface area (Å²) in [7, 11) is 0. The lowest BCUT2D eigenvalue weighted by Gasteiger charge is -2.12. The standard InChI is InChI=1S/C14H11ClFN3/c1-8-2-3-9(7-17)4-13(8)19-14-5-10(15)11(16)6-12(14)18/h2-6,19H,18H2,1H3. The maximum atomic E-state index is 13.2. The molecule has 0 fully saturated rings. The fraction of sp³-hybridized carbons (Fsp3) is 0.0714. The molecule has 0 saturated heterocycles. The van der Waals surface area contributed by atoms with Gasteiger partial charge in [0.15, 0.2) is 0 Å². The third-order valence-electron chi connectivity index (χ3n) is 2.73. The van der Waals surface area contributed by atoms with E-state index >= 15 is 0 Å². The van der Waals surface area contributed by atoms with E-state index in [0.29, 0.717) is 11.3 Å². The number of nitrogen functional groups attached to an aromatic ring is 1. The van der Waals surface area contributed by atoms with E-state index in [9.17, 15) is 4.39 Å². The molecule has 2 aromatic carbocycles. The highest BCUT2D eigenvalue weighted by Crippen LogP contribution is 2.30. The summed E-state index contributed by atoms with van der Waals surface area (Å²) in [6.45, 7) is 1.89. The molecule has 3 N–H and O–H groups in total. The van der Waals surface area contributed by atoms with Gasteiger partial charge in [-0.2, -0.15) is 5.26 Å². The number of nitrogens with two attached hydrogens (primary N) is 1. The number of benzene rings is 2. The number of hydrogen-bond donors (Lipinski definition) is 2. The SMILES string of the molecule is Cc1ccc(C#N)cc1Nc1cc(Cl)c(F)cc1N. The van der Waals surface area contributed by atoms with Crippen LogP contribution in [0.25, 0.3) is 0 Å². The molecule has 96 valence electrons. The zero-order valence-electron chi connectivity index (χ0n) is 10.2. The summed E-state index contributed by atoms with van der Waals surface area (Å²) >= 11 is 5.73. The molecule has 0 bridgehead atoms. The molecule has 0 unspecified atom stereocenters. The van der Waals surface area contributed by atoms with E-state index in [2.05, 4.69) is 11.4 Å². The molecule has 0 radical (unpaired) electrons. The molecule has 2 rings (SSSR count). The van der Waals surface area contributed by atoms with Gasteiger partial charge in [-0.05, 0) is 30.7 Å². The minimum absolute atomic E-state index is 0.00853. The van der Waals surface area contributed by atoms with E-state index in [1.807, 2.05) is 13.0 Å². The Hall–Kier alpha value is -2.25. The summed E-state index contributed by atoms with van der Waals surface area (Å²) in [5, 5.41) is 11.9. The van der Waals surface area contributed by atoms with Crippen molar-refractivity contribution in [1.29, 1.82) is 5.26 Å². The number of aryl methyl sites for hydroxylation is 1. The topological polar surface area (TPSA) is 61.8 Å². The molecule has 0 aliphatic carbocycles. The highest BCUT2D eigenvalue weighted by molar-refractivity contribution is 6.31. The average molecular weight is 276 g/mol. The molecule has 0 aromatic heterocycles. The van der Waals surface area contributed by atoms with Crippen molar-refractivity contribution in [3.05, 3.63) is 52.3 Å². The minimum Gasteiger partial charge on any atom is -0.397 e. The van der Waals surface area contributed by atoms with Crippen LogP contribution in [0.3, 0.4) is 0 Å². The van der Waals surface area contributed by atoms with Gasteiger partial charge in [-0.3, -0.25) is 0 Å². The largest absolute Gasteiger partial charge is 0.397 e. The first-order chi connectivity index (χ1) is 9.01. The summed E-state index contributed by atoms with van der Waals surface area (Å²) in [5.74, 6) is -0.563. The van der Waals surface area contributed by atoms with Crippen LogP contribution in [0.1, 0.15) is 11.1 Å². The van der Waals surface area contributed by atoms with E-state index in [-0.39, 0.29) is 10.7 Å². The van der Waals surface area contributed by atoms with Crippen molar-refractivity contribution in [3.8, 4) is 6.07 Å². The Balaban J connectivity index is 2.42. The number of nitriles is 1. The third-order valence-corrected chi connectivity index (χ3v) is 3.02. The van der Waals surface area contributed by atoms with Crippen molar-refractivity contribution in [3.63, 3.8) is 0 Å². The van der Waals surface area contributed by atoms with Gasteiger partial charge in [0.2, 0.25) is 0 Å². The normalized spacial score (nSPS) is 10.0. The molecule has 19 heavy (non-hydrogen) atoms. The van der Waals surface area contributed by atoms with E-state index in [4.69, 9.17) is 22.6 Å². The Morgan fingerprint density at radius 3 is 2.68 bits per heavy atom. The fourth-order valence-corrected chi connectivity index (χ4v) is 1.81. The summed E-state index contributed by atoms with van der Waals surface area (Å²) in [5.41, 5.74) is 8.69. The molecule has 0 atom stereocenters. The zero-order valence-corrected chi connectivity index (χ0v) is 10.9. The van der Waals surface area contributed by atoms with Crippen molar-refractivity contribution in [2.24, 2.45) is 0 Å². The van der Waals surface area contributed by atoms with Crippen LogP contribution in [0.15, 0.2) is 30.3 Å². The molecule has 0 aliphatic rings. The number of rotatable bonds is 2. The van der Waals surface area contributed by atoms with Gasteiger partial charge < -0.3 is 11.1 Å².